The van der Waals surface area contributed by atoms with Crippen LogP contribution >= 0.6 is 39.9 Å². The van der Waals surface area contributed by atoms with Crippen molar-refractivity contribution < 1.29 is 9.47 Å². The molecule has 0 atom stereocenters. The van der Waals surface area contributed by atoms with Crippen LogP contribution in [0.1, 0.15) is 31.7 Å². The van der Waals surface area contributed by atoms with Gasteiger partial charge in [0.05, 0.1) is 25.2 Å². The van der Waals surface area contributed by atoms with Crippen LogP contribution in [0.2, 0.25) is 0 Å². The SMILES string of the molecule is CCNC(=NCc1cc(Br)c(OC)c(OC)c1)NCCN1CCCCC1.I. The second-order valence-electron chi connectivity index (χ2n) is 6.34. The van der Waals surface area contributed by atoms with Gasteiger partial charge in [-0.3, -0.25) is 0 Å². The summed E-state index contributed by atoms with van der Waals surface area (Å²) in [6.45, 7) is 7.88. The molecule has 0 aromatic heterocycles. The van der Waals surface area contributed by atoms with E-state index in [2.05, 4.69) is 38.4 Å². The van der Waals surface area contributed by atoms with Crippen molar-refractivity contribution in [3.8, 4) is 11.5 Å². The molecular weight excluding hydrogens is 523 g/mol. The Hall–Kier alpha value is -0.740. The molecule has 154 valence electrons. The van der Waals surface area contributed by atoms with Gasteiger partial charge in [0.25, 0.3) is 0 Å². The quantitative estimate of drug-likeness (QED) is 0.292. The second-order valence-corrected chi connectivity index (χ2v) is 7.19. The van der Waals surface area contributed by atoms with Crippen LogP contribution in [0.4, 0.5) is 0 Å². The lowest BCUT2D eigenvalue weighted by Gasteiger charge is -2.26. The van der Waals surface area contributed by atoms with Crippen LogP contribution in [0.25, 0.3) is 0 Å². The fourth-order valence-electron chi connectivity index (χ4n) is 3.09. The summed E-state index contributed by atoms with van der Waals surface area (Å²) in [6.07, 6.45) is 4.01. The number of halogens is 2. The molecule has 1 aromatic rings. The van der Waals surface area contributed by atoms with Gasteiger partial charge in [-0.25, -0.2) is 4.99 Å². The minimum Gasteiger partial charge on any atom is -0.493 e. The Bertz CT molecular complexity index is 595. The zero-order valence-corrected chi connectivity index (χ0v) is 20.4. The van der Waals surface area contributed by atoms with E-state index in [1.54, 1.807) is 14.2 Å². The van der Waals surface area contributed by atoms with Crippen molar-refractivity contribution in [3.63, 3.8) is 0 Å². The molecule has 27 heavy (non-hydrogen) atoms. The third-order valence-corrected chi connectivity index (χ3v) is 5.02. The van der Waals surface area contributed by atoms with Crippen molar-refractivity contribution in [2.75, 3.05) is 46.9 Å². The molecule has 0 unspecified atom stereocenters. The smallest absolute Gasteiger partial charge is 0.191 e. The Labute approximate surface area is 188 Å². The first-order chi connectivity index (χ1) is 12.7. The highest BCUT2D eigenvalue weighted by molar-refractivity contribution is 14.0. The number of benzene rings is 1. The Kier molecular flexibility index (Phi) is 12.1. The van der Waals surface area contributed by atoms with Gasteiger partial charge < -0.3 is 25.0 Å². The summed E-state index contributed by atoms with van der Waals surface area (Å²) in [4.78, 5) is 7.22. The van der Waals surface area contributed by atoms with Gasteiger partial charge >= 0.3 is 0 Å². The average Bonchev–Trinajstić information content (AvgIpc) is 2.66. The topological polar surface area (TPSA) is 58.1 Å². The molecule has 0 amide bonds. The van der Waals surface area contributed by atoms with Crippen LogP contribution < -0.4 is 20.1 Å². The van der Waals surface area contributed by atoms with Gasteiger partial charge in [0, 0.05) is 19.6 Å². The van der Waals surface area contributed by atoms with Crippen molar-refractivity contribution in [2.24, 2.45) is 4.99 Å². The van der Waals surface area contributed by atoms with Crippen molar-refractivity contribution in [3.05, 3.63) is 22.2 Å². The van der Waals surface area contributed by atoms with Gasteiger partial charge in [-0.15, -0.1) is 24.0 Å². The lowest BCUT2D eigenvalue weighted by atomic mass is 10.1. The van der Waals surface area contributed by atoms with Crippen LogP contribution in [0, 0.1) is 0 Å². The number of nitrogens with one attached hydrogen (secondary N) is 2. The lowest BCUT2D eigenvalue weighted by molar-refractivity contribution is 0.232. The molecule has 6 nitrogen and oxygen atoms in total. The first kappa shape index (κ1) is 24.3. The Morgan fingerprint density at radius 1 is 1.15 bits per heavy atom. The fourth-order valence-corrected chi connectivity index (χ4v) is 3.74. The molecule has 0 saturated carbocycles. The average molecular weight is 555 g/mol. The van der Waals surface area contributed by atoms with E-state index in [0.29, 0.717) is 18.0 Å². The molecule has 1 fully saturated rings. The highest BCUT2D eigenvalue weighted by Crippen LogP contribution is 2.36. The summed E-state index contributed by atoms with van der Waals surface area (Å²) >= 11 is 3.53. The highest BCUT2D eigenvalue weighted by atomic mass is 127. The lowest BCUT2D eigenvalue weighted by Crippen LogP contribution is -2.42. The summed E-state index contributed by atoms with van der Waals surface area (Å²) in [5, 5.41) is 6.74. The minimum atomic E-state index is 0. The first-order valence-corrected chi connectivity index (χ1v) is 10.1. The number of methoxy groups -OCH3 is 2. The van der Waals surface area contributed by atoms with Crippen LogP contribution in [0.3, 0.4) is 0 Å². The van der Waals surface area contributed by atoms with Crippen molar-refractivity contribution in [1.29, 1.82) is 0 Å². The molecule has 1 aliphatic rings. The summed E-state index contributed by atoms with van der Waals surface area (Å²) < 4.78 is 11.6. The van der Waals surface area contributed by atoms with Crippen molar-refractivity contribution in [1.82, 2.24) is 15.5 Å². The Balaban J connectivity index is 0.00000364. The van der Waals surface area contributed by atoms with Crippen LogP contribution in [-0.2, 0) is 6.54 Å². The number of rotatable bonds is 8. The zero-order valence-electron chi connectivity index (χ0n) is 16.5. The predicted octanol–water partition coefficient (Wildman–Crippen LogP) is 3.63. The molecule has 1 aliphatic heterocycles. The van der Waals surface area contributed by atoms with Crippen molar-refractivity contribution in [2.45, 2.75) is 32.7 Å². The molecule has 1 heterocycles. The van der Waals surface area contributed by atoms with Crippen LogP contribution in [0.5, 0.6) is 11.5 Å². The van der Waals surface area contributed by atoms with Gasteiger partial charge in [0.1, 0.15) is 0 Å². The monoisotopic (exact) mass is 554 g/mol. The maximum Gasteiger partial charge on any atom is 0.191 e. The molecule has 2 rings (SSSR count). The molecule has 0 radical (unpaired) electrons. The number of guanidine groups is 1. The molecule has 1 aromatic carbocycles. The molecule has 8 heteroatoms. The zero-order chi connectivity index (χ0) is 18.8. The number of nitrogens with zero attached hydrogens (tertiary/aromatic N) is 2. The highest BCUT2D eigenvalue weighted by Gasteiger charge is 2.11. The Morgan fingerprint density at radius 2 is 1.89 bits per heavy atom. The summed E-state index contributed by atoms with van der Waals surface area (Å²) in [6, 6.07) is 3.98. The van der Waals surface area contributed by atoms with Crippen LogP contribution in [0.15, 0.2) is 21.6 Å². The number of likely N-dealkylation sites (tertiary alicyclic amines) is 1. The van der Waals surface area contributed by atoms with Crippen molar-refractivity contribution >= 4 is 45.9 Å². The molecule has 0 bridgehead atoms. The molecular formula is C19H32BrIN4O2. The van der Waals surface area contributed by atoms with E-state index in [9.17, 15) is 0 Å². The predicted molar refractivity (Wildman–Crippen MR) is 126 cm³/mol. The third-order valence-electron chi connectivity index (χ3n) is 4.43. The molecule has 1 saturated heterocycles. The Morgan fingerprint density at radius 3 is 2.52 bits per heavy atom. The maximum absolute atomic E-state index is 5.40. The largest absolute Gasteiger partial charge is 0.493 e. The van der Waals surface area contributed by atoms with E-state index < -0.39 is 0 Å². The summed E-state index contributed by atoms with van der Waals surface area (Å²) in [7, 11) is 3.28. The minimum absolute atomic E-state index is 0. The van der Waals surface area contributed by atoms with E-state index in [-0.39, 0.29) is 24.0 Å². The fraction of sp³-hybridized carbons (Fsp3) is 0.632. The summed E-state index contributed by atoms with van der Waals surface area (Å²) in [5.74, 6) is 2.25. The maximum atomic E-state index is 5.40. The van der Waals surface area contributed by atoms with Gasteiger partial charge in [-0.05, 0) is 66.5 Å². The van der Waals surface area contributed by atoms with E-state index in [4.69, 9.17) is 14.5 Å². The molecule has 0 spiro atoms. The van der Waals surface area contributed by atoms with E-state index in [1.807, 2.05) is 12.1 Å². The number of piperidine rings is 1. The van der Waals surface area contributed by atoms with Crippen LogP contribution in [-0.4, -0.2) is 57.8 Å². The van der Waals surface area contributed by atoms with Gasteiger partial charge in [-0.1, -0.05) is 6.42 Å². The van der Waals surface area contributed by atoms with Gasteiger partial charge in [0.15, 0.2) is 17.5 Å². The normalized spacial score (nSPS) is 15.0. The standard InChI is InChI=1S/C19H31BrN4O2.HI/c1-4-21-19(22-8-11-24-9-6-5-7-10-24)23-14-15-12-16(20)18(26-3)17(13-15)25-2;/h12-13H,4-11,14H2,1-3H3,(H2,21,22,23);1H. The molecule has 0 aliphatic carbocycles. The number of ether oxygens (including phenoxy) is 2. The van der Waals surface area contributed by atoms with E-state index in [1.165, 1.54) is 32.4 Å². The number of hydrogen-bond acceptors (Lipinski definition) is 4. The summed E-state index contributed by atoms with van der Waals surface area (Å²) in [5.41, 5.74) is 1.06. The molecule has 2 N–H and O–H groups in total. The third kappa shape index (κ3) is 8.03. The second kappa shape index (κ2) is 13.4. The first-order valence-electron chi connectivity index (χ1n) is 9.32. The number of hydrogen-bond donors (Lipinski definition) is 2. The number of aliphatic imine (C=N–C) groups is 1. The van der Waals surface area contributed by atoms with Gasteiger partial charge in [-0.2, -0.15) is 0 Å². The van der Waals surface area contributed by atoms with Gasteiger partial charge in [0.2, 0.25) is 0 Å². The van der Waals surface area contributed by atoms with E-state index in [0.717, 1.165) is 35.6 Å². The van der Waals surface area contributed by atoms with E-state index >= 15 is 0 Å².